The van der Waals surface area contributed by atoms with Crippen molar-refractivity contribution in [3.63, 3.8) is 0 Å². The molecule has 0 aromatic heterocycles. The van der Waals surface area contributed by atoms with Gasteiger partial charge in [0, 0.05) is 30.1 Å². The van der Waals surface area contributed by atoms with Gasteiger partial charge in [-0.2, -0.15) is 0 Å². The second-order valence-corrected chi connectivity index (χ2v) is 16.3. The summed E-state index contributed by atoms with van der Waals surface area (Å²) in [5.41, 5.74) is 4.90. The van der Waals surface area contributed by atoms with E-state index in [-0.39, 0.29) is 27.6 Å². The van der Waals surface area contributed by atoms with Crippen LogP contribution in [0.4, 0.5) is 11.4 Å². The lowest BCUT2D eigenvalue weighted by Crippen LogP contribution is -2.42. The first-order chi connectivity index (χ1) is 22.6. The SMILES string of the molecule is CC(C)CC1N(c2ccc(-c3ccc(CO)c(S(C)(=O)=O)c3)cc2)C=C(C(=O)O)N1c1ccc(-c2ccc(CO)c(S(C)(=O)=O)c2)cc1. The van der Waals surface area contributed by atoms with E-state index >= 15 is 0 Å². The van der Waals surface area contributed by atoms with E-state index in [1.807, 2.05) is 53.4 Å². The summed E-state index contributed by atoms with van der Waals surface area (Å²) in [5.74, 6) is -0.888. The zero-order valence-corrected chi connectivity index (χ0v) is 28.7. The van der Waals surface area contributed by atoms with Crippen LogP contribution in [-0.4, -0.2) is 56.8 Å². The van der Waals surface area contributed by atoms with Gasteiger partial charge in [-0.15, -0.1) is 0 Å². The summed E-state index contributed by atoms with van der Waals surface area (Å²) >= 11 is 0. The molecule has 1 heterocycles. The summed E-state index contributed by atoms with van der Waals surface area (Å²) < 4.78 is 49.4. The lowest BCUT2D eigenvalue weighted by Gasteiger charge is -2.35. The molecule has 12 heteroatoms. The molecule has 3 N–H and O–H groups in total. The predicted molar refractivity (Wildman–Crippen MR) is 186 cm³/mol. The highest BCUT2D eigenvalue weighted by molar-refractivity contribution is 7.91. The third-order valence-electron chi connectivity index (χ3n) is 8.29. The Hall–Kier alpha value is -4.49. The number of aliphatic carboxylic acids is 1. The molecule has 0 amide bonds. The second-order valence-electron chi connectivity index (χ2n) is 12.3. The number of rotatable bonds is 11. The van der Waals surface area contributed by atoms with Gasteiger partial charge >= 0.3 is 5.97 Å². The van der Waals surface area contributed by atoms with Gasteiger partial charge in [0.25, 0.3) is 0 Å². The Morgan fingerprint density at radius 2 is 1.10 bits per heavy atom. The molecule has 0 bridgehead atoms. The molecule has 10 nitrogen and oxygen atoms in total. The molecule has 1 aliphatic rings. The number of sulfone groups is 2. The normalized spacial score (nSPS) is 15.2. The topological polar surface area (TPSA) is 153 Å². The van der Waals surface area contributed by atoms with E-state index < -0.39 is 38.9 Å². The van der Waals surface area contributed by atoms with Gasteiger partial charge < -0.3 is 25.1 Å². The summed E-state index contributed by atoms with van der Waals surface area (Å²) in [5, 5.41) is 29.5. The first-order valence-corrected chi connectivity index (χ1v) is 19.0. The molecule has 0 spiro atoms. The second kappa shape index (κ2) is 13.6. The quantitative estimate of drug-likeness (QED) is 0.186. The highest BCUT2D eigenvalue weighted by atomic mass is 32.2. The van der Waals surface area contributed by atoms with Crippen molar-refractivity contribution in [1.29, 1.82) is 0 Å². The first-order valence-electron chi connectivity index (χ1n) is 15.2. The van der Waals surface area contributed by atoms with Gasteiger partial charge in [0.05, 0.1) is 23.0 Å². The number of hydrogen-bond donors (Lipinski definition) is 3. The standard InChI is InChI=1S/C36H38N2O8S2/c1-23(2)17-35-37(30-13-9-24(10-14-30)26-5-7-28(21-39)33(18-26)47(3,43)44)20-32(36(41)42)38(35)31-15-11-25(12-16-31)27-6-8-29(22-40)34(19-27)48(4,45)46/h5-16,18-20,23,35,39-40H,17,21-22H2,1-4H3,(H,41,42). The van der Waals surface area contributed by atoms with Crippen molar-refractivity contribution in [1.82, 2.24) is 0 Å². The summed E-state index contributed by atoms with van der Waals surface area (Å²) in [6.07, 6.45) is 4.06. The minimum Gasteiger partial charge on any atom is -0.477 e. The number of aliphatic hydroxyl groups excluding tert-OH is 2. The average molecular weight is 691 g/mol. The number of carbonyl (C=O) groups is 1. The number of aliphatic hydroxyl groups is 2. The van der Waals surface area contributed by atoms with Gasteiger partial charge in [-0.25, -0.2) is 21.6 Å². The lowest BCUT2D eigenvalue weighted by atomic mass is 10.0. The zero-order chi connectivity index (χ0) is 35.0. The largest absolute Gasteiger partial charge is 0.477 e. The highest BCUT2D eigenvalue weighted by Gasteiger charge is 2.37. The zero-order valence-electron chi connectivity index (χ0n) is 27.0. The number of benzene rings is 4. The Balaban J connectivity index is 1.50. The maximum absolute atomic E-state index is 12.6. The summed E-state index contributed by atoms with van der Waals surface area (Å²) in [6.45, 7) is 3.32. The average Bonchev–Trinajstić information content (AvgIpc) is 3.42. The van der Waals surface area contributed by atoms with Crippen molar-refractivity contribution in [2.45, 2.75) is 49.4 Å². The molecule has 4 aromatic carbocycles. The van der Waals surface area contributed by atoms with Crippen molar-refractivity contribution in [3.05, 3.63) is 108 Å². The van der Waals surface area contributed by atoms with Crippen LogP contribution in [0, 0.1) is 5.92 Å². The van der Waals surface area contributed by atoms with Crippen LogP contribution < -0.4 is 9.80 Å². The molecule has 1 aliphatic heterocycles. The lowest BCUT2D eigenvalue weighted by molar-refractivity contribution is -0.132. The summed E-state index contributed by atoms with van der Waals surface area (Å²) in [7, 11) is -7.14. The molecular formula is C36H38N2O8S2. The van der Waals surface area contributed by atoms with Crippen molar-refractivity contribution in [3.8, 4) is 22.3 Å². The van der Waals surface area contributed by atoms with Gasteiger partial charge in [-0.05, 0) is 82.1 Å². The number of anilines is 2. The fourth-order valence-electron chi connectivity index (χ4n) is 5.98. The smallest absolute Gasteiger partial charge is 0.354 e. The summed E-state index contributed by atoms with van der Waals surface area (Å²) in [4.78, 5) is 16.4. The third kappa shape index (κ3) is 7.16. The molecule has 0 saturated heterocycles. The number of carboxylic acids is 1. The Morgan fingerprint density at radius 1 is 0.688 bits per heavy atom. The first kappa shape index (κ1) is 34.8. The van der Waals surface area contributed by atoms with E-state index in [0.29, 0.717) is 34.4 Å². The van der Waals surface area contributed by atoms with Crippen molar-refractivity contribution in [2.75, 3.05) is 22.3 Å². The van der Waals surface area contributed by atoms with Crippen LogP contribution in [0.5, 0.6) is 0 Å². The van der Waals surface area contributed by atoms with E-state index in [1.165, 1.54) is 6.07 Å². The molecule has 0 saturated carbocycles. The minimum atomic E-state index is -3.57. The Morgan fingerprint density at radius 3 is 1.48 bits per heavy atom. The molecule has 252 valence electrons. The van der Waals surface area contributed by atoms with Gasteiger partial charge in [-0.3, -0.25) is 0 Å². The van der Waals surface area contributed by atoms with E-state index in [9.17, 15) is 36.9 Å². The molecule has 5 rings (SSSR count). The van der Waals surface area contributed by atoms with Crippen LogP contribution >= 0.6 is 0 Å². The third-order valence-corrected chi connectivity index (χ3v) is 10.7. The molecule has 0 aliphatic carbocycles. The molecular weight excluding hydrogens is 653 g/mol. The fraction of sp³-hybridized carbons (Fsp3) is 0.250. The van der Waals surface area contributed by atoms with Crippen molar-refractivity contribution >= 4 is 37.0 Å². The van der Waals surface area contributed by atoms with Crippen LogP contribution in [0.3, 0.4) is 0 Å². The van der Waals surface area contributed by atoms with E-state index in [0.717, 1.165) is 29.3 Å². The molecule has 48 heavy (non-hydrogen) atoms. The molecule has 0 radical (unpaired) electrons. The van der Waals surface area contributed by atoms with E-state index in [4.69, 9.17) is 0 Å². The molecule has 1 unspecified atom stereocenters. The van der Waals surface area contributed by atoms with Crippen LogP contribution in [0.2, 0.25) is 0 Å². The maximum atomic E-state index is 12.6. The van der Waals surface area contributed by atoms with Crippen LogP contribution in [0.15, 0.2) is 107 Å². The Labute approximate surface area is 281 Å². The highest BCUT2D eigenvalue weighted by Crippen LogP contribution is 2.38. The minimum absolute atomic E-state index is 0.0545. The number of hydrogen-bond acceptors (Lipinski definition) is 9. The van der Waals surface area contributed by atoms with Crippen LogP contribution in [-0.2, 0) is 37.7 Å². The van der Waals surface area contributed by atoms with Crippen LogP contribution in [0.25, 0.3) is 22.3 Å². The number of carboxylic acid groups (broad SMARTS) is 1. The monoisotopic (exact) mass is 690 g/mol. The number of nitrogens with zero attached hydrogens (tertiary/aromatic N) is 2. The Kier molecular flexibility index (Phi) is 9.84. The van der Waals surface area contributed by atoms with Gasteiger partial charge in [0.15, 0.2) is 19.7 Å². The molecule has 0 fully saturated rings. The van der Waals surface area contributed by atoms with Crippen molar-refractivity contribution < 1.29 is 36.9 Å². The molecule has 1 atom stereocenters. The summed E-state index contributed by atoms with van der Waals surface area (Å²) in [6, 6.07) is 24.4. The van der Waals surface area contributed by atoms with E-state index in [1.54, 1.807) is 41.4 Å². The van der Waals surface area contributed by atoms with Crippen LogP contribution in [0.1, 0.15) is 31.4 Å². The fourth-order valence-corrected chi connectivity index (χ4v) is 7.88. The predicted octanol–water partition coefficient (Wildman–Crippen LogP) is 5.44. The van der Waals surface area contributed by atoms with E-state index in [2.05, 4.69) is 13.8 Å². The van der Waals surface area contributed by atoms with Gasteiger partial charge in [-0.1, -0.05) is 62.4 Å². The Bertz CT molecular complexity index is 2090. The van der Waals surface area contributed by atoms with Gasteiger partial charge in [0.1, 0.15) is 11.9 Å². The van der Waals surface area contributed by atoms with Gasteiger partial charge in [0.2, 0.25) is 0 Å². The maximum Gasteiger partial charge on any atom is 0.354 e. The van der Waals surface area contributed by atoms with Crippen molar-refractivity contribution in [2.24, 2.45) is 5.92 Å². The molecule has 4 aromatic rings.